The van der Waals surface area contributed by atoms with Gasteiger partial charge in [0.15, 0.2) is 0 Å². The lowest BCUT2D eigenvalue weighted by Gasteiger charge is -2.10. The summed E-state index contributed by atoms with van der Waals surface area (Å²) in [6.45, 7) is 6.71. The molecule has 0 unspecified atom stereocenters. The average Bonchev–Trinajstić information content (AvgIpc) is 2.68. The molecule has 0 amide bonds. The normalized spacial score (nSPS) is 11.5. The van der Waals surface area contributed by atoms with Crippen LogP contribution in [0.4, 0.5) is 0 Å². The highest BCUT2D eigenvalue weighted by atomic mass is 35.5. The molecular weight excluding hydrogens is 384 g/mol. The Kier molecular flexibility index (Phi) is 6.95. The summed E-state index contributed by atoms with van der Waals surface area (Å²) in [6, 6.07) is 14.7. The number of benzene rings is 2. The third-order valence-corrected chi connectivity index (χ3v) is 4.94. The van der Waals surface area contributed by atoms with Crippen LogP contribution in [0.25, 0.3) is 22.1 Å². The van der Waals surface area contributed by atoms with E-state index >= 15 is 0 Å². The molecule has 1 heterocycles. The van der Waals surface area contributed by atoms with Crippen LogP contribution in [-0.2, 0) is 0 Å². The zero-order valence-electron chi connectivity index (χ0n) is 17.0. The topological polar surface area (TPSA) is 39.4 Å². The first-order chi connectivity index (χ1) is 13.9. The molecule has 0 fully saturated rings. The second kappa shape index (κ2) is 9.62. The van der Waals surface area contributed by atoms with Gasteiger partial charge in [-0.25, -0.2) is 4.79 Å². The van der Waals surface area contributed by atoms with Crippen LogP contribution in [0.2, 0.25) is 5.02 Å². The first-order valence-corrected chi connectivity index (χ1v) is 10.1. The minimum absolute atomic E-state index is 0.403. The van der Waals surface area contributed by atoms with Crippen molar-refractivity contribution in [3.63, 3.8) is 0 Å². The number of fused-ring (bicyclic) bond motifs is 1. The minimum atomic E-state index is -0.403. The molecule has 0 saturated heterocycles. The Hall–Kier alpha value is -2.78. The molecule has 1 aromatic heterocycles. The monoisotopic (exact) mass is 408 g/mol. The van der Waals surface area contributed by atoms with Crippen LogP contribution in [0.5, 0.6) is 5.75 Å². The van der Waals surface area contributed by atoms with E-state index in [-0.39, 0.29) is 0 Å². The molecule has 0 aliphatic heterocycles. The third kappa shape index (κ3) is 5.61. The second-order valence-corrected chi connectivity index (χ2v) is 7.71. The fraction of sp³-hybridized carbons (Fsp3) is 0.240. The maximum Gasteiger partial charge on any atom is 0.336 e. The first-order valence-electron chi connectivity index (χ1n) is 9.68. The van der Waals surface area contributed by atoms with Crippen molar-refractivity contribution in [3.8, 4) is 16.9 Å². The molecule has 0 radical (unpaired) electrons. The van der Waals surface area contributed by atoms with Crippen molar-refractivity contribution in [2.75, 3.05) is 6.61 Å². The van der Waals surface area contributed by atoms with E-state index in [0.717, 1.165) is 29.4 Å². The van der Waals surface area contributed by atoms with Gasteiger partial charge in [-0.3, -0.25) is 0 Å². The van der Waals surface area contributed by atoms with Gasteiger partial charge in [-0.1, -0.05) is 59.2 Å². The molecule has 0 saturated carbocycles. The van der Waals surface area contributed by atoms with Crippen molar-refractivity contribution in [2.24, 2.45) is 0 Å². The summed E-state index contributed by atoms with van der Waals surface area (Å²) in [4.78, 5) is 12.1. The molecule has 3 aromatic rings. The zero-order chi connectivity index (χ0) is 20.8. The highest BCUT2D eigenvalue weighted by molar-refractivity contribution is 6.33. The fourth-order valence-electron chi connectivity index (χ4n) is 3.09. The summed E-state index contributed by atoms with van der Waals surface area (Å²) >= 11 is 6.46. The summed E-state index contributed by atoms with van der Waals surface area (Å²) in [5.74, 6) is 0.501. The fourth-order valence-corrected chi connectivity index (χ4v) is 3.31. The standard InChI is InChI=1S/C25H25ClO3/c1-17(2)8-7-9-18(3)12-13-28-24-16-23-21(14-22(24)26)20(15-25(27)29-23)19-10-5-4-6-11-19/h4-6,8,10-12,14-16H,7,9,13H2,1-3H3. The molecule has 29 heavy (non-hydrogen) atoms. The molecule has 0 spiro atoms. The highest BCUT2D eigenvalue weighted by Gasteiger charge is 2.12. The van der Waals surface area contributed by atoms with Gasteiger partial charge in [-0.15, -0.1) is 0 Å². The predicted octanol–water partition coefficient (Wildman–Crippen LogP) is 7.18. The van der Waals surface area contributed by atoms with Crippen molar-refractivity contribution >= 4 is 22.6 Å². The van der Waals surface area contributed by atoms with Crippen LogP contribution in [-0.4, -0.2) is 6.61 Å². The molecule has 2 aromatic carbocycles. The average molecular weight is 409 g/mol. The molecule has 0 N–H and O–H groups in total. The molecule has 150 valence electrons. The number of hydrogen-bond acceptors (Lipinski definition) is 3. The smallest absolute Gasteiger partial charge is 0.336 e. The molecule has 3 nitrogen and oxygen atoms in total. The Morgan fingerprint density at radius 3 is 2.55 bits per heavy atom. The number of ether oxygens (including phenoxy) is 1. The second-order valence-electron chi connectivity index (χ2n) is 7.31. The van der Waals surface area contributed by atoms with Gasteiger partial charge in [0, 0.05) is 17.5 Å². The summed E-state index contributed by atoms with van der Waals surface area (Å²) in [5.41, 5.74) is 4.37. The van der Waals surface area contributed by atoms with Crippen LogP contribution in [0.15, 0.2) is 81.0 Å². The summed E-state index contributed by atoms with van der Waals surface area (Å²) in [5, 5.41) is 1.26. The van der Waals surface area contributed by atoms with Crippen LogP contribution in [0.1, 0.15) is 33.6 Å². The number of hydrogen-bond donors (Lipinski definition) is 0. The van der Waals surface area contributed by atoms with Gasteiger partial charge < -0.3 is 9.15 Å². The summed E-state index contributed by atoms with van der Waals surface area (Å²) in [7, 11) is 0. The molecule has 3 rings (SSSR count). The van der Waals surface area contributed by atoms with Gasteiger partial charge >= 0.3 is 5.63 Å². The molecule has 0 atom stereocenters. The molecule has 0 bridgehead atoms. The third-order valence-electron chi connectivity index (χ3n) is 4.64. The first kappa shape index (κ1) is 20.9. The van der Waals surface area contributed by atoms with E-state index in [9.17, 15) is 4.79 Å². The molecule has 0 aliphatic rings. The van der Waals surface area contributed by atoms with Crippen molar-refractivity contribution in [3.05, 3.63) is 87.3 Å². The quantitative estimate of drug-likeness (QED) is 0.307. The van der Waals surface area contributed by atoms with Crippen LogP contribution < -0.4 is 10.4 Å². The minimum Gasteiger partial charge on any atom is -0.488 e. The number of allylic oxidation sites excluding steroid dienone is 3. The predicted molar refractivity (Wildman–Crippen MR) is 121 cm³/mol. The Labute approximate surface area is 176 Å². The van der Waals surface area contributed by atoms with E-state index in [0.29, 0.717) is 23.0 Å². The van der Waals surface area contributed by atoms with E-state index in [2.05, 4.69) is 32.9 Å². The zero-order valence-corrected chi connectivity index (χ0v) is 17.8. The largest absolute Gasteiger partial charge is 0.488 e. The van der Waals surface area contributed by atoms with Gasteiger partial charge in [0.05, 0.1) is 5.02 Å². The van der Waals surface area contributed by atoms with Crippen molar-refractivity contribution in [2.45, 2.75) is 33.6 Å². The summed E-state index contributed by atoms with van der Waals surface area (Å²) < 4.78 is 11.2. The SMILES string of the molecule is CC(C)=CCCC(C)=CCOc1cc2oc(=O)cc(-c3ccccc3)c2cc1Cl. The Balaban J connectivity index is 1.83. The number of halogens is 1. The van der Waals surface area contributed by atoms with E-state index in [1.165, 1.54) is 17.2 Å². The molecular formula is C25H25ClO3. The highest BCUT2D eigenvalue weighted by Crippen LogP contribution is 2.34. The van der Waals surface area contributed by atoms with Gasteiger partial charge in [0.2, 0.25) is 0 Å². The molecule has 4 heteroatoms. The van der Waals surface area contributed by atoms with Gasteiger partial charge in [0.25, 0.3) is 0 Å². The van der Waals surface area contributed by atoms with E-state index < -0.39 is 5.63 Å². The van der Waals surface area contributed by atoms with Crippen LogP contribution in [0.3, 0.4) is 0 Å². The van der Waals surface area contributed by atoms with Crippen LogP contribution in [0, 0.1) is 0 Å². The number of rotatable bonds is 7. The summed E-state index contributed by atoms with van der Waals surface area (Å²) in [6.07, 6.45) is 6.30. The maximum atomic E-state index is 12.1. The van der Waals surface area contributed by atoms with E-state index in [1.54, 1.807) is 12.1 Å². The van der Waals surface area contributed by atoms with E-state index in [1.807, 2.05) is 30.3 Å². The van der Waals surface area contributed by atoms with Crippen molar-refractivity contribution < 1.29 is 9.15 Å². The van der Waals surface area contributed by atoms with Crippen molar-refractivity contribution in [1.82, 2.24) is 0 Å². The maximum absolute atomic E-state index is 12.1. The lowest BCUT2D eigenvalue weighted by atomic mass is 10.0. The van der Waals surface area contributed by atoms with Gasteiger partial charge in [0.1, 0.15) is 17.9 Å². The van der Waals surface area contributed by atoms with Gasteiger partial charge in [-0.05, 0) is 56.9 Å². The van der Waals surface area contributed by atoms with Crippen LogP contribution >= 0.6 is 11.6 Å². The lowest BCUT2D eigenvalue weighted by molar-refractivity contribution is 0.361. The Morgan fingerprint density at radius 1 is 1.07 bits per heavy atom. The lowest BCUT2D eigenvalue weighted by Crippen LogP contribution is -2.00. The van der Waals surface area contributed by atoms with E-state index in [4.69, 9.17) is 20.8 Å². The van der Waals surface area contributed by atoms with Gasteiger partial charge in [-0.2, -0.15) is 0 Å². The molecule has 0 aliphatic carbocycles. The Bertz CT molecular complexity index is 1100. The Morgan fingerprint density at radius 2 is 1.83 bits per heavy atom. The van der Waals surface area contributed by atoms with Crippen molar-refractivity contribution in [1.29, 1.82) is 0 Å².